The third-order valence-electron chi connectivity index (χ3n) is 6.66. The monoisotopic (exact) mass is 462 g/mol. The van der Waals surface area contributed by atoms with E-state index in [0.29, 0.717) is 12.2 Å². The molecule has 1 atom stereocenters. The van der Waals surface area contributed by atoms with Crippen LogP contribution in [-0.4, -0.2) is 44.1 Å². The van der Waals surface area contributed by atoms with Crippen LogP contribution in [0.4, 0.5) is 4.79 Å². The molecule has 8 nitrogen and oxygen atoms in total. The number of hydrogen-bond donors (Lipinski definition) is 1. The summed E-state index contributed by atoms with van der Waals surface area (Å²) in [6.45, 7) is 4.26. The number of urea groups is 1. The number of carbonyl (C=O) groups is 1. The van der Waals surface area contributed by atoms with Crippen molar-refractivity contribution in [1.82, 2.24) is 30.2 Å². The summed E-state index contributed by atoms with van der Waals surface area (Å²) in [5, 5.41) is 11.5. The molecular formula is C26H34N6O2. The van der Waals surface area contributed by atoms with E-state index in [2.05, 4.69) is 15.6 Å². The van der Waals surface area contributed by atoms with Crippen molar-refractivity contribution in [3.05, 3.63) is 59.4 Å². The van der Waals surface area contributed by atoms with E-state index in [1.807, 2.05) is 63.4 Å². The van der Waals surface area contributed by atoms with Gasteiger partial charge in [-0.25, -0.2) is 14.5 Å². The van der Waals surface area contributed by atoms with Crippen molar-refractivity contribution in [1.29, 1.82) is 0 Å². The van der Waals surface area contributed by atoms with Crippen LogP contribution in [0.25, 0.3) is 11.4 Å². The fraction of sp³-hybridized carbons (Fsp3) is 0.462. The minimum Gasteiger partial charge on any atom is -0.489 e. The molecule has 2 amide bonds. The molecule has 0 spiro atoms. The number of benzene rings is 1. The number of nitrogens with zero attached hydrogens (tertiary/aromatic N) is 5. The summed E-state index contributed by atoms with van der Waals surface area (Å²) in [6, 6.07) is 13.6. The van der Waals surface area contributed by atoms with Crippen molar-refractivity contribution in [3.63, 3.8) is 0 Å². The summed E-state index contributed by atoms with van der Waals surface area (Å²) in [6.07, 6.45) is 6.23. The average Bonchev–Trinajstić information content (AvgIpc) is 3.24. The van der Waals surface area contributed by atoms with E-state index in [1.165, 1.54) is 19.3 Å². The van der Waals surface area contributed by atoms with Crippen LogP contribution in [-0.2, 0) is 13.6 Å². The minimum absolute atomic E-state index is 0.0497. The van der Waals surface area contributed by atoms with Crippen molar-refractivity contribution in [2.24, 2.45) is 7.05 Å². The Hall–Kier alpha value is -3.42. The highest BCUT2D eigenvalue weighted by molar-refractivity contribution is 5.74. The van der Waals surface area contributed by atoms with E-state index >= 15 is 0 Å². The quantitative estimate of drug-likeness (QED) is 0.545. The Bertz CT molecular complexity index is 1110. The summed E-state index contributed by atoms with van der Waals surface area (Å²) >= 11 is 0. The van der Waals surface area contributed by atoms with Crippen LogP contribution in [0.15, 0.2) is 42.5 Å². The van der Waals surface area contributed by atoms with Crippen molar-refractivity contribution in [3.8, 4) is 17.1 Å². The number of amides is 2. The Labute approximate surface area is 201 Å². The van der Waals surface area contributed by atoms with Gasteiger partial charge >= 0.3 is 6.03 Å². The molecule has 0 aliphatic heterocycles. The standard InChI is InChI=1S/C26H34N6O2/c1-18-24(34-21-13-9-6-10-14-21)16-15-22(28-18)25-23(32(4)30-29-25)17-27-26(33)31(3)19(2)20-11-7-5-8-12-20/h5,7-8,11-12,15-16,19,21H,6,9-10,13-14,17H2,1-4H3,(H,27,33)/t19-/m0/s1. The van der Waals surface area contributed by atoms with E-state index in [9.17, 15) is 4.79 Å². The molecule has 34 heavy (non-hydrogen) atoms. The van der Waals surface area contributed by atoms with Crippen LogP contribution < -0.4 is 10.1 Å². The highest BCUT2D eigenvalue weighted by atomic mass is 16.5. The molecule has 2 aromatic heterocycles. The van der Waals surface area contributed by atoms with Crippen LogP contribution >= 0.6 is 0 Å². The summed E-state index contributed by atoms with van der Waals surface area (Å²) in [4.78, 5) is 19.3. The van der Waals surface area contributed by atoms with Gasteiger partial charge in [0.05, 0.1) is 35.8 Å². The zero-order valence-electron chi connectivity index (χ0n) is 20.5. The molecule has 1 aliphatic rings. The first kappa shape index (κ1) is 23.7. The van der Waals surface area contributed by atoms with Gasteiger partial charge in [0.1, 0.15) is 11.4 Å². The first-order valence-corrected chi connectivity index (χ1v) is 12.0. The molecule has 180 valence electrons. The van der Waals surface area contributed by atoms with E-state index in [1.54, 1.807) is 16.6 Å². The molecule has 1 aliphatic carbocycles. The van der Waals surface area contributed by atoms with Gasteiger partial charge in [-0.1, -0.05) is 42.0 Å². The fourth-order valence-electron chi connectivity index (χ4n) is 4.36. The van der Waals surface area contributed by atoms with Gasteiger partial charge in [-0.3, -0.25) is 0 Å². The van der Waals surface area contributed by atoms with Gasteiger partial charge < -0.3 is 15.0 Å². The number of aromatic nitrogens is 4. The van der Waals surface area contributed by atoms with E-state index < -0.39 is 0 Å². The third-order valence-corrected chi connectivity index (χ3v) is 6.66. The molecule has 8 heteroatoms. The molecule has 0 bridgehead atoms. The maximum absolute atomic E-state index is 12.8. The largest absolute Gasteiger partial charge is 0.489 e. The van der Waals surface area contributed by atoms with Crippen LogP contribution in [0.3, 0.4) is 0 Å². The molecule has 3 aromatic rings. The van der Waals surface area contributed by atoms with Crippen molar-refractivity contribution < 1.29 is 9.53 Å². The zero-order chi connectivity index (χ0) is 24.1. The van der Waals surface area contributed by atoms with Crippen molar-refractivity contribution >= 4 is 6.03 Å². The Morgan fingerprint density at radius 3 is 2.62 bits per heavy atom. The van der Waals surface area contributed by atoms with Gasteiger partial charge in [0.15, 0.2) is 0 Å². The maximum atomic E-state index is 12.8. The third kappa shape index (κ3) is 5.38. The first-order valence-electron chi connectivity index (χ1n) is 12.0. The SMILES string of the molecule is Cc1nc(-c2nnn(C)c2CNC(=O)N(C)[C@@H](C)c2ccccc2)ccc1OC1CCCCC1. The molecular weight excluding hydrogens is 428 g/mol. The summed E-state index contributed by atoms with van der Waals surface area (Å²) in [5.41, 5.74) is 4.09. The molecule has 1 aromatic carbocycles. The molecule has 1 fully saturated rings. The van der Waals surface area contributed by atoms with Crippen LogP contribution in [0, 0.1) is 6.92 Å². The molecule has 4 rings (SSSR count). The van der Waals surface area contributed by atoms with Crippen molar-refractivity contribution in [2.75, 3.05) is 7.05 Å². The first-order chi connectivity index (χ1) is 16.4. The molecule has 0 saturated heterocycles. The Kier molecular flexibility index (Phi) is 7.45. The number of ether oxygens (including phenoxy) is 1. The molecule has 0 radical (unpaired) electrons. The second-order valence-corrected chi connectivity index (χ2v) is 9.02. The minimum atomic E-state index is -0.163. The maximum Gasteiger partial charge on any atom is 0.317 e. The second kappa shape index (κ2) is 10.7. The zero-order valence-corrected chi connectivity index (χ0v) is 20.5. The van der Waals surface area contributed by atoms with Crippen molar-refractivity contribution in [2.45, 2.75) is 64.6 Å². The van der Waals surface area contributed by atoms with E-state index in [4.69, 9.17) is 9.72 Å². The highest BCUT2D eigenvalue weighted by Crippen LogP contribution is 2.28. The van der Waals surface area contributed by atoms with Gasteiger partial charge in [0.25, 0.3) is 0 Å². The number of carbonyl (C=O) groups excluding carboxylic acids is 1. The molecule has 1 N–H and O–H groups in total. The Balaban J connectivity index is 1.44. The smallest absolute Gasteiger partial charge is 0.317 e. The molecule has 2 heterocycles. The molecule has 1 saturated carbocycles. The second-order valence-electron chi connectivity index (χ2n) is 9.02. The number of pyridine rings is 1. The summed E-state index contributed by atoms with van der Waals surface area (Å²) in [5.74, 6) is 0.825. The van der Waals surface area contributed by atoms with Gasteiger partial charge in [-0.2, -0.15) is 0 Å². The Morgan fingerprint density at radius 1 is 1.18 bits per heavy atom. The van der Waals surface area contributed by atoms with Gasteiger partial charge in [0, 0.05) is 14.1 Å². The lowest BCUT2D eigenvalue weighted by atomic mass is 9.98. The lowest BCUT2D eigenvalue weighted by molar-refractivity contribution is 0.153. The summed E-state index contributed by atoms with van der Waals surface area (Å²) in [7, 11) is 3.62. The summed E-state index contributed by atoms with van der Waals surface area (Å²) < 4.78 is 7.89. The van der Waals surface area contributed by atoms with Gasteiger partial charge in [-0.15, -0.1) is 5.10 Å². The number of rotatable bonds is 7. The Morgan fingerprint density at radius 2 is 1.91 bits per heavy atom. The molecule has 0 unspecified atom stereocenters. The number of aryl methyl sites for hydroxylation is 2. The van der Waals surface area contributed by atoms with E-state index in [-0.39, 0.29) is 18.2 Å². The van der Waals surface area contributed by atoms with Gasteiger partial charge in [-0.05, 0) is 57.2 Å². The predicted molar refractivity (Wildman–Crippen MR) is 131 cm³/mol. The number of hydrogen-bond acceptors (Lipinski definition) is 5. The lowest BCUT2D eigenvalue weighted by Crippen LogP contribution is -2.38. The highest BCUT2D eigenvalue weighted by Gasteiger charge is 2.21. The average molecular weight is 463 g/mol. The lowest BCUT2D eigenvalue weighted by Gasteiger charge is -2.25. The van der Waals surface area contributed by atoms with Crippen LogP contribution in [0.5, 0.6) is 5.75 Å². The fourth-order valence-corrected chi connectivity index (χ4v) is 4.36. The van der Waals surface area contributed by atoms with Gasteiger partial charge in [0.2, 0.25) is 0 Å². The van der Waals surface area contributed by atoms with Crippen LogP contribution in [0.2, 0.25) is 0 Å². The normalized spacial score (nSPS) is 15.1. The topological polar surface area (TPSA) is 85.2 Å². The predicted octanol–water partition coefficient (Wildman–Crippen LogP) is 4.80. The number of nitrogens with one attached hydrogen (secondary N) is 1. The van der Waals surface area contributed by atoms with Crippen LogP contribution in [0.1, 0.15) is 62.0 Å². The van der Waals surface area contributed by atoms with E-state index in [0.717, 1.165) is 41.2 Å².